The molecule has 3 heteroatoms. The zero-order chi connectivity index (χ0) is 6.10. The van der Waals surface area contributed by atoms with Crippen LogP contribution in [0.5, 0.6) is 0 Å². The average molecular weight is 181 g/mol. The summed E-state index contributed by atoms with van der Waals surface area (Å²) in [4.78, 5) is 4.09. The van der Waals surface area contributed by atoms with Crippen LogP contribution in [0.15, 0.2) is 6.20 Å². The third-order valence-electron chi connectivity index (χ3n) is 1.79. The average Bonchev–Trinajstić information content (AvgIpc) is 2.33. The Bertz CT molecular complexity index is 187. The number of rotatable bonds is 0. The number of fused-ring (bicyclic) bond motifs is 1. The summed E-state index contributed by atoms with van der Waals surface area (Å²) in [6.45, 7) is 1.14. The normalized spacial score (nSPS) is 14.2. The van der Waals surface area contributed by atoms with Crippen molar-refractivity contribution in [3.8, 4) is 0 Å². The molecule has 1 aromatic heterocycles. The molecule has 0 aliphatic carbocycles. The molecular weight excluding hydrogens is 169 g/mol. The fourth-order valence-corrected chi connectivity index (χ4v) is 1.27. The van der Waals surface area contributed by atoms with Gasteiger partial charge in [-0.25, -0.2) is 0 Å². The first kappa shape index (κ1) is 11.1. The smallest absolute Gasteiger partial charge is 0.00440 e. The predicted octanol–water partition coefficient (Wildman–Crippen LogP) is 1.47. The fourth-order valence-electron chi connectivity index (χ4n) is 1.27. The van der Waals surface area contributed by atoms with Gasteiger partial charge in [0.05, 0.1) is 0 Å². The minimum Gasteiger partial charge on any atom is -0.439 e. The van der Waals surface area contributed by atoms with Crippen LogP contribution in [0.25, 0.3) is 0 Å². The van der Waals surface area contributed by atoms with Crippen molar-refractivity contribution in [3.05, 3.63) is 25.6 Å². The molecule has 1 aliphatic heterocycles. The molecule has 0 saturated heterocycles. The summed E-state index contributed by atoms with van der Waals surface area (Å²) in [5, 5.41) is 0. The second-order valence-electron chi connectivity index (χ2n) is 2.44. The van der Waals surface area contributed by atoms with Crippen molar-refractivity contribution in [1.82, 2.24) is 9.55 Å². The summed E-state index contributed by atoms with van der Waals surface area (Å²) >= 11 is 0. The molecule has 0 N–H and O–H groups in total. The van der Waals surface area contributed by atoms with Crippen LogP contribution in [0.1, 0.15) is 18.7 Å². The van der Waals surface area contributed by atoms with Crippen LogP contribution in [0.3, 0.4) is 0 Å². The molecule has 11 heavy (non-hydrogen) atoms. The molecule has 0 unspecified atom stereocenters. The van der Waals surface area contributed by atoms with Crippen LogP contribution in [0, 0.1) is 13.6 Å². The van der Waals surface area contributed by atoms with Crippen molar-refractivity contribution >= 4 is 0 Å². The van der Waals surface area contributed by atoms with Gasteiger partial charge in [0.2, 0.25) is 0 Å². The summed E-state index contributed by atoms with van der Waals surface area (Å²) in [5.74, 6) is 1.21. The van der Waals surface area contributed by atoms with Gasteiger partial charge in [0.1, 0.15) is 0 Å². The Kier molecular flexibility index (Phi) is 4.89. The van der Waals surface area contributed by atoms with Crippen LogP contribution >= 0.6 is 0 Å². The van der Waals surface area contributed by atoms with E-state index in [1.54, 1.807) is 0 Å². The van der Waals surface area contributed by atoms with E-state index in [4.69, 9.17) is 0 Å². The van der Waals surface area contributed by atoms with Gasteiger partial charge in [0, 0.05) is 32.4 Å². The van der Waals surface area contributed by atoms with Crippen molar-refractivity contribution < 1.29 is 25.8 Å². The van der Waals surface area contributed by atoms with Gasteiger partial charge in [-0.15, -0.1) is 6.20 Å². The second kappa shape index (κ2) is 4.86. The van der Waals surface area contributed by atoms with E-state index < -0.39 is 0 Å². The first-order valence-corrected chi connectivity index (χ1v) is 3.39. The van der Waals surface area contributed by atoms with Crippen LogP contribution < -0.4 is 0 Å². The Morgan fingerprint density at radius 3 is 3.00 bits per heavy atom. The molecular formula is C8H12N2Sc-2. The molecule has 0 atom stereocenters. The number of aromatic nitrogens is 2. The summed E-state index contributed by atoms with van der Waals surface area (Å²) in [7, 11) is 0. The van der Waals surface area contributed by atoms with Gasteiger partial charge >= 0.3 is 0 Å². The van der Waals surface area contributed by atoms with Crippen molar-refractivity contribution in [1.29, 1.82) is 0 Å². The zero-order valence-corrected chi connectivity index (χ0v) is 8.68. The Labute approximate surface area is 86.8 Å². The molecule has 2 nitrogen and oxygen atoms in total. The maximum absolute atomic E-state index is 4.09. The van der Waals surface area contributed by atoms with Crippen molar-refractivity contribution in [3.63, 3.8) is 0 Å². The maximum atomic E-state index is 4.09. The summed E-state index contributed by atoms with van der Waals surface area (Å²) in [6, 6.07) is 0. The maximum Gasteiger partial charge on any atom is 0.00440 e. The summed E-state index contributed by atoms with van der Waals surface area (Å²) in [6.07, 6.45) is 8.53. The molecule has 1 aliphatic rings. The Hall–Kier alpha value is 0.0801. The number of hydrogen-bond donors (Lipinski definition) is 0. The Morgan fingerprint density at radius 1 is 1.45 bits per heavy atom. The minimum atomic E-state index is 0. The molecule has 0 saturated carbocycles. The fraction of sp³-hybridized carbons (Fsp3) is 0.500. The monoisotopic (exact) mass is 181 g/mol. The van der Waals surface area contributed by atoms with E-state index in [0.717, 1.165) is 13.0 Å². The van der Waals surface area contributed by atoms with Gasteiger partial charge in [-0.3, -0.25) is 0 Å². The third-order valence-corrected chi connectivity index (χ3v) is 1.79. The van der Waals surface area contributed by atoms with Crippen molar-refractivity contribution in [2.45, 2.75) is 25.8 Å². The zero-order valence-electron chi connectivity index (χ0n) is 6.88. The van der Waals surface area contributed by atoms with Gasteiger partial charge in [0.15, 0.2) is 0 Å². The number of nitrogens with zero attached hydrogens (tertiary/aromatic N) is 2. The molecule has 0 bridgehead atoms. The van der Waals surface area contributed by atoms with E-state index in [-0.39, 0.29) is 33.3 Å². The predicted molar refractivity (Wildman–Crippen MR) is 40.4 cm³/mol. The number of imidazole rings is 1. The summed E-state index contributed by atoms with van der Waals surface area (Å²) in [5.41, 5.74) is 0. The van der Waals surface area contributed by atoms with E-state index in [1.807, 2.05) is 6.20 Å². The van der Waals surface area contributed by atoms with E-state index in [2.05, 4.69) is 15.7 Å². The van der Waals surface area contributed by atoms with Gasteiger partial charge in [-0.1, -0.05) is 19.0 Å². The van der Waals surface area contributed by atoms with Crippen molar-refractivity contribution in [2.75, 3.05) is 0 Å². The first-order valence-electron chi connectivity index (χ1n) is 3.39. The van der Waals surface area contributed by atoms with Gasteiger partial charge < -0.3 is 17.0 Å². The van der Waals surface area contributed by atoms with E-state index in [1.165, 1.54) is 18.7 Å². The quantitative estimate of drug-likeness (QED) is 0.554. The van der Waals surface area contributed by atoms with E-state index in [0.29, 0.717) is 0 Å². The largest absolute Gasteiger partial charge is 0.439 e. The minimum absolute atomic E-state index is 0. The van der Waals surface area contributed by atoms with E-state index in [9.17, 15) is 0 Å². The molecule has 2 rings (SSSR count). The first-order chi connectivity index (χ1) is 4.47. The Balaban J connectivity index is 0.000000500. The Morgan fingerprint density at radius 2 is 2.27 bits per heavy atom. The van der Waals surface area contributed by atoms with Gasteiger partial charge in [-0.2, -0.15) is 0 Å². The van der Waals surface area contributed by atoms with Crippen molar-refractivity contribution in [2.24, 2.45) is 0 Å². The SMILES string of the molecule is [CH3-].[Sc].[c-]1cn2c(n1)CCCC2. The molecule has 0 aromatic carbocycles. The molecule has 0 fully saturated rings. The molecule has 1 radical (unpaired) electrons. The second-order valence-corrected chi connectivity index (χ2v) is 2.44. The molecule has 59 valence electrons. The molecule has 1 aromatic rings. The summed E-state index contributed by atoms with van der Waals surface area (Å²) < 4.78 is 2.18. The van der Waals surface area contributed by atoms with Gasteiger partial charge in [0.25, 0.3) is 0 Å². The number of hydrogen-bond acceptors (Lipinski definition) is 1. The molecule has 2 heterocycles. The number of aryl methyl sites for hydroxylation is 2. The topological polar surface area (TPSA) is 17.8 Å². The standard InChI is InChI=1S/C7H9N2.CH3.Sc/c1-2-5-9-6-4-8-7(9)3-1;;/h6H,1-3,5H2;1H3;/q2*-1;. The van der Waals surface area contributed by atoms with Crippen LogP contribution in [0.4, 0.5) is 0 Å². The molecule has 0 amide bonds. The van der Waals surface area contributed by atoms with Crippen LogP contribution in [-0.2, 0) is 38.8 Å². The van der Waals surface area contributed by atoms with Crippen LogP contribution in [-0.4, -0.2) is 9.55 Å². The van der Waals surface area contributed by atoms with Crippen LogP contribution in [0.2, 0.25) is 0 Å². The van der Waals surface area contributed by atoms with E-state index >= 15 is 0 Å². The van der Waals surface area contributed by atoms with Gasteiger partial charge in [-0.05, 0) is 12.2 Å². The third kappa shape index (κ3) is 2.26. The molecule has 0 spiro atoms.